The van der Waals surface area contributed by atoms with Crippen molar-refractivity contribution in [1.82, 2.24) is 10.6 Å². The number of nitrogens with one attached hydrogen (secondary N) is 3. The highest BCUT2D eigenvalue weighted by Crippen LogP contribution is 2.50. The summed E-state index contributed by atoms with van der Waals surface area (Å²) < 4.78 is 56.5. The van der Waals surface area contributed by atoms with Crippen LogP contribution in [0.15, 0.2) is 54.6 Å². The number of carbonyl (C=O) groups excluding carboxylic acids is 3. The van der Waals surface area contributed by atoms with Crippen molar-refractivity contribution in [3.63, 3.8) is 0 Å². The van der Waals surface area contributed by atoms with Crippen LogP contribution in [0, 0.1) is 28.4 Å². The Morgan fingerprint density at radius 3 is 2.31 bits per heavy atom. The number of hydrogen-bond donors (Lipinski definition) is 3. The van der Waals surface area contributed by atoms with Crippen LogP contribution in [0.4, 0.5) is 19.3 Å². The minimum Gasteiger partial charge on any atom is -0.495 e. The van der Waals surface area contributed by atoms with Gasteiger partial charge in [-0.3, -0.25) is 4.79 Å². The molecule has 0 spiro atoms. The number of amides is 2. The highest BCUT2D eigenvalue weighted by atomic mass is 35.5. The molecule has 1 saturated heterocycles. The normalized spacial score (nSPS) is 18.2. The second kappa shape index (κ2) is 22.0. The molecule has 3 unspecified atom stereocenters. The molecule has 1 aliphatic rings. The molecule has 0 aromatic heterocycles. The maximum atomic E-state index is 15.0. The number of ether oxygens (including phenoxy) is 5. The van der Waals surface area contributed by atoms with Gasteiger partial charge in [-0.15, -0.1) is 0 Å². The largest absolute Gasteiger partial charge is 0.495 e. The minimum atomic E-state index is -1.30. The second-order valence-corrected chi connectivity index (χ2v) is 17.9. The molecule has 4 atom stereocenters. The molecule has 1 aliphatic heterocycles. The summed E-state index contributed by atoms with van der Waals surface area (Å²) in [7, 11) is 3.07. The van der Waals surface area contributed by atoms with E-state index >= 15 is 4.39 Å². The maximum absolute atomic E-state index is 15.0. The Labute approximate surface area is 367 Å². The predicted octanol–water partition coefficient (Wildman–Crippen LogP) is 9.72. The van der Waals surface area contributed by atoms with Gasteiger partial charge in [0.25, 0.3) is 0 Å². The number of carbonyl (C=O) groups is 3. The lowest BCUT2D eigenvalue weighted by Crippen LogP contribution is -2.44. The lowest BCUT2D eigenvalue weighted by atomic mass is 9.64. The fourth-order valence-corrected chi connectivity index (χ4v) is 7.22. The van der Waals surface area contributed by atoms with E-state index in [1.54, 1.807) is 31.4 Å². The van der Waals surface area contributed by atoms with Gasteiger partial charge in [0.1, 0.15) is 22.8 Å². The lowest BCUT2D eigenvalue weighted by Gasteiger charge is -2.37. The molecule has 0 saturated carbocycles. The zero-order valence-corrected chi connectivity index (χ0v) is 38.0. The molecule has 61 heavy (non-hydrogen) atoms. The quantitative estimate of drug-likeness (QED) is 0.0677. The third-order valence-electron chi connectivity index (χ3n) is 10.3. The molecule has 3 aromatic rings. The van der Waals surface area contributed by atoms with Crippen LogP contribution in [-0.2, 0) is 29.2 Å². The molecule has 1 heterocycles. The number of esters is 1. The fraction of sp³-hybridized carbons (Fsp3) is 0.511. The maximum Gasteiger partial charge on any atom is 0.410 e. The van der Waals surface area contributed by atoms with E-state index in [1.165, 1.54) is 44.4 Å². The number of hydrogen-bond acceptors (Lipinski definition) is 10. The standard InChI is InChI=1S/C23H36N2O8.C22H22Cl2F2N2/c1-16(32-20(27)17-8-9-18(25-15-26)19(14-17)29-6)33-21(28)24-12-10-23(4,5)31-13-11-22(2,3)30-7;1-21(2,3)10-19-22(12-27,15-8-7-13(23)9-18(15)25)16(11-28-19)14-5-4-6-17(24)20(14)26/h8-9,14-16H,10-13H2,1-7H3,(H,24,28)(H,25,26);4-9,16,19,28H,10-11H2,1-3H3/t;16?,19?,22-/m.1/s1. The number of rotatable bonds is 17. The molecule has 334 valence electrons. The first-order valence-electron chi connectivity index (χ1n) is 19.8. The monoisotopic (exact) mass is 890 g/mol. The van der Waals surface area contributed by atoms with Crippen molar-refractivity contribution in [2.24, 2.45) is 5.41 Å². The highest BCUT2D eigenvalue weighted by molar-refractivity contribution is 6.31. The van der Waals surface area contributed by atoms with E-state index in [0.29, 0.717) is 55.9 Å². The Hall–Kier alpha value is -4.52. The average molecular weight is 892 g/mol. The number of halogens is 4. The van der Waals surface area contributed by atoms with Crippen molar-refractivity contribution < 1.29 is 46.8 Å². The molecule has 3 aromatic carbocycles. The molecule has 0 radical (unpaired) electrons. The molecular weight excluding hydrogens is 833 g/mol. The van der Waals surface area contributed by atoms with Crippen molar-refractivity contribution in [1.29, 1.82) is 5.26 Å². The van der Waals surface area contributed by atoms with Gasteiger partial charge in [0, 0.05) is 49.7 Å². The molecule has 12 nitrogen and oxygen atoms in total. The van der Waals surface area contributed by atoms with Gasteiger partial charge >= 0.3 is 12.1 Å². The summed E-state index contributed by atoms with van der Waals surface area (Å²) in [6.07, 6.45) is 0.589. The number of anilines is 1. The van der Waals surface area contributed by atoms with Gasteiger partial charge in [-0.2, -0.15) is 5.26 Å². The molecule has 0 bridgehead atoms. The molecule has 4 rings (SSSR count). The topological polar surface area (TPSA) is 157 Å². The molecule has 0 aliphatic carbocycles. The highest BCUT2D eigenvalue weighted by Gasteiger charge is 2.55. The van der Waals surface area contributed by atoms with Gasteiger partial charge in [-0.1, -0.05) is 62.2 Å². The van der Waals surface area contributed by atoms with Crippen LogP contribution in [-0.4, -0.2) is 75.9 Å². The summed E-state index contributed by atoms with van der Waals surface area (Å²) in [6, 6.07) is 15.4. The van der Waals surface area contributed by atoms with E-state index < -0.39 is 46.9 Å². The van der Waals surface area contributed by atoms with E-state index in [-0.39, 0.29) is 38.2 Å². The van der Waals surface area contributed by atoms with Crippen LogP contribution in [0.25, 0.3) is 0 Å². The number of nitriles is 1. The third kappa shape index (κ3) is 14.3. The zero-order valence-electron chi connectivity index (χ0n) is 36.5. The Balaban J connectivity index is 0.000000329. The van der Waals surface area contributed by atoms with Crippen LogP contribution >= 0.6 is 23.2 Å². The Morgan fingerprint density at radius 2 is 1.70 bits per heavy atom. The number of methoxy groups -OCH3 is 2. The summed E-state index contributed by atoms with van der Waals surface area (Å²) >= 11 is 11.9. The van der Waals surface area contributed by atoms with Gasteiger partial charge in [-0.25, -0.2) is 18.4 Å². The summed E-state index contributed by atoms with van der Waals surface area (Å²) in [5.41, 5.74) is -1.01. The molecule has 1 fully saturated rings. The molecule has 2 amide bonds. The Morgan fingerprint density at radius 1 is 1.00 bits per heavy atom. The van der Waals surface area contributed by atoms with Crippen molar-refractivity contribution >= 4 is 47.4 Å². The smallest absolute Gasteiger partial charge is 0.410 e. The summed E-state index contributed by atoms with van der Waals surface area (Å²) in [5.74, 6) is -2.15. The lowest BCUT2D eigenvalue weighted by molar-refractivity contribution is -0.105. The van der Waals surface area contributed by atoms with E-state index in [2.05, 4.69) is 42.8 Å². The first kappa shape index (κ1) is 50.8. The average Bonchev–Trinajstić information content (AvgIpc) is 3.52. The molecule has 16 heteroatoms. The molecular formula is C45H58Cl2F2N4O8. The fourth-order valence-electron chi connectivity index (χ4n) is 6.88. The van der Waals surface area contributed by atoms with Gasteiger partial charge < -0.3 is 39.6 Å². The van der Waals surface area contributed by atoms with Crippen molar-refractivity contribution in [2.75, 3.05) is 39.2 Å². The predicted molar refractivity (Wildman–Crippen MR) is 231 cm³/mol. The number of nitrogens with zero attached hydrogens (tertiary/aromatic N) is 1. The Kier molecular flexibility index (Phi) is 18.3. The minimum absolute atomic E-state index is 0.0137. The number of benzene rings is 3. The second-order valence-electron chi connectivity index (χ2n) is 17.1. The van der Waals surface area contributed by atoms with Crippen LogP contribution in [0.3, 0.4) is 0 Å². The van der Waals surface area contributed by atoms with E-state index in [0.717, 1.165) is 6.42 Å². The third-order valence-corrected chi connectivity index (χ3v) is 10.9. The van der Waals surface area contributed by atoms with Crippen molar-refractivity contribution in [3.05, 3.63) is 93.0 Å². The van der Waals surface area contributed by atoms with Gasteiger partial charge in [0.15, 0.2) is 0 Å². The van der Waals surface area contributed by atoms with Crippen LogP contribution < -0.4 is 20.7 Å². The van der Waals surface area contributed by atoms with E-state index in [9.17, 15) is 24.0 Å². The SMILES string of the molecule is CC(C)(C)CC1NCC(c2cccc(Cl)c2F)[C@@]1(C#N)c1ccc(Cl)cc1F.COc1cc(C(=O)OC(C)OC(=O)NCCC(C)(C)OCCC(C)(C)OC)ccc1NC=O. The first-order chi connectivity index (χ1) is 28.5. The molecule has 3 N–H and O–H groups in total. The Bertz CT molecular complexity index is 2020. The summed E-state index contributed by atoms with van der Waals surface area (Å²) in [5, 5.41) is 19.1. The van der Waals surface area contributed by atoms with E-state index in [1.807, 2.05) is 27.7 Å². The van der Waals surface area contributed by atoms with Crippen molar-refractivity contribution in [3.8, 4) is 11.8 Å². The first-order valence-corrected chi connectivity index (χ1v) is 20.6. The van der Waals surface area contributed by atoms with Gasteiger partial charge in [-0.05, 0) is 94.3 Å². The summed E-state index contributed by atoms with van der Waals surface area (Å²) in [6.45, 7) is 16.7. The van der Waals surface area contributed by atoms with Gasteiger partial charge in [0.05, 0.1) is 47.3 Å². The van der Waals surface area contributed by atoms with Crippen LogP contribution in [0.1, 0.15) is 102 Å². The van der Waals surface area contributed by atoms with Gasteiger partial charge in [0.2, 0.25) is 12.7 Å². The van der Waals surface area contributed by atoms with E-state index in [4.69, 9.17) is 46.9 Å². The zero-order chi connectivity index (χ0) is 45.8. The van der Waals surface area contributed by atoms with Crippen molar-refractivity contribution in [2.45, 2.75) is 110 Å². The van der Waals surface area contributed by atoms with Crippen LogP contribution in [0.5, 0.6) is 5.75 Å². The summed E-state index contributed by atoms with van der Waals surface area (Å²) in [4.78, 5) is 34.9. The van der Waals surface area contributed by atoms with Crippen LogP contribution in [0.2, 0.25) is 10.0 Å². The number of alkyl carbamates (subject to hydrolysis) is 1.